The quantitative estimate of drug-likeness (QED) is 0.759. The molecule has 0 aliphatic heterocycles. The van der Waals surface area contributed by atoms with Crippen LogP contribution < -0.4 is 5.32 Å². The molecular weight excluding hydrogens is 218 g/mol. The van der Waals surface area contributed by atoms with Crippen LogP contribution in [0.3, 0.4) is 0 Å². The van der Waals surface area contributed by atoms with Crippen molar-refractivity contribution < 1.29 is 0 Å². The highest BCUT2D eigenvalue weighted by Gasteiger charge is 2.35. The van der Waals surface area contributed by atoms with Crippen LogP contribution in [-0.2, 0) is 6.42 Å². The van der Waals surface area contributed by atoms with Gasteiger partial charge in [0.05, 0.1) is 0 Å². The van der Waals surface area contributed by atoms with Gasteiger partial charge in [0.2, 0.25) is 0 Å². The molecule has 0 heterocycles. The van der Waals surface area contributed by atoms with E-state index in [1.807, 2.05) is 0 Å². The van der Waals surface area contributed by atoms with Gasteiger partial charge in [-0.05, 0) is 54.7 Å². The molecule has 2 aliphatic rings. The molecule has 0 radical (unpaired) electrons. The third kappa shape index (κ3) is 2.45. The molecule has 18 heavy (non-hydrogen) atoms. The van der Waals surface area contributed by atoms with E-state index >= 15 is 0 Å². The molecule has 3 rings (SSSR count). The summed E-state index contributed by atoms with van der Waals surface area (Å²) in [6, 6.07) is 8.97. The molecule has 1 saturated carbocycles. The van der Waals surface area contributed by atoms with Crippen LogP contribution in [0.15, 0.2) is 36.4 Å². The van der Waals surface area contributed by atoms with Crippen LogP contribution in [0.2, 0.25) is 0 Å². The monoisotopic (exact) mass is 241 g/mol. The Kier molecular flexibility index (Phi) is 3.40. The van der Waals surface area contributed by atoms with E-state index in [1.165, 1.54) is 36.9 Å². The molecule has 96 valence electrons. The van der Waals surface area contributed by atoms with E-state index < -0.39 is 0 Å². The third-order valence-electron chi connectivity index (χ3n) is 4.48. The number of rotatable bonds is 5. The smallest absolute Gasteiger partial charge is 0.0340 e. The van der Waals surface area contributed by atoms with Gasteiger partial charge < -0.3 is 5.32 Å². The summed E-state index contributed by atoms with van der Waals surface area (Å²) in [5.41, 5.74) is 2.73. The SMILES string of the molecule is CCCc1ccc(NCC2CC3C=CC2C3)cc1. The van der Waals surface area contributed by atoms with Crippen molar-refractivity contribution in [1.29, 1.82) is 0 Å². The van der Waals surface area contributed by atoms with Crippen molar-refractivity contribution in [2.45, 2.75) is 32.6 Å². The summed E-state index contributed by atoms with van der Waals surface area (Å²) in [6.45, 7) is 3.37. The van der Waals surface area contributed by atoms with Crippen molar-refractivity contribution in [3.8, 4) is 0 Å². The van der Waals surface area contributed by atoms with E-state index in [1.54, 1.807) is 0 Å². The average molecular weight is 241 g/mol. The molecular formula is C17H23N. The van der Waals surface area contributed by atoms with Gasteiger partial charge in [0, 0.05) is 12.2 Å². The molecule has 1 fully saturated rings. The number of allylic oxidation sites excluding steroid dienone is 2. The molecule has 0 spiro atoms. The van der Waals surface area contributed by atoms with Crippen molar-refractivity contribution in [1.82, 2.24) is 0 Å². The van der Waals surface area contributed by atoms with Crippen molar-refractivity contribution >= 4 is 5.69 Å². The lowest BCUT2D eigenvalue weighted by molar-refractivity contribution is 0.472. The van der Waals surface area contributed by atoms with E-state index in [-0.39, 0.29) is 0 Å². The van der Waals surface area contributed by atoms with Crippen LogP contribution >= 0.6 is 0 Å². The maximum absolute atomic E-state index is 3.61. The standard InChI is InChI=1S/C17H23N/c1-2-3-13-5-8-17(9-6-13)18-12-16-11-14-4-7-15(16)10-14/h4-9,14-16,18H,2-3,10-12H2,1H3. The van der Waals surface area contributed by atoms with Crippen LogP contribution in [0.4, 0.5) is 5.69 Å². The molecule has 1 aromatic carbocycles. The number of fused-ring (bicyclic) bond motifs is 2. The van der Waals surface area contributed by atoms with Gasteiger partial charge in [-0.1, -0.05) is 37.6 Å². The number of hydrogen-bond acceptors (Lipinski definition) is 1. The van der Waals surface area contributed by atoms with Gasteiger partial charge >= 0.3 is 0 Å². The molecule has 0 aromatic heterocycles. The fourth-order valence-corrected chi connectivity index (χ4v) is 3.46. The highest BCUT2D eigenvalue weighted by atomic mass is 14.9. The molecule has 1 nitrogen and oxygen atoms in total. The van der Waals surface area contributed by atoms with Gasteiger partial charge in [-0.2, -0.15) is 0 Å². The minimum absolute atomic E-state index is 0.849. The van der Waals surface area contributed by atoms with Crippen molar-refractivity contribution in [2.75, 3.05) is 11.9 Å². The second-order valence-electron chi connectivity index (χ2n) is 5.87. The van der Waals surface area contributed by atoms with Crippen LogP contribution in [0.5, 0.6) is 0 Å². The van der Waals surface area contributed by atoms with Gasteiger partial charge in [-0.3, -0.25) is 0 Å². The minimum atomic E-state index is 0.849. The summed E-state index contributed by atoms with van der Waals surface area (Å²) in [6.07, 6.45) is 10.1. The van der Waals surface area contributed by atoms with E-state index in [0.29, 0.717) is 0 Å². The van der Waals surface area contributed by atoms with Crippen LogP contribution in [0, 0.1) is 17.8 Å². The lowest BCUT2D eigenvalue weighted by Gasteiger charge is -2.19. The first-order valence-electron chi connectivity index (χ1n) is 7.36. The summed E-state index contributed by atoms with van der Waals surface area (Å²) in [5, 5.41) is 3.61. The predicted octanol–water partition coefficient (Wildman–Crippen LogP) is 4.26. The summed E-state index contributed by atoms with van der Waals surface area (Å²) in [4.78, 5) is 0. The summed E-state index contributed by atoms with van der Waals surface area (Å²) >= 11 is 0. The number of nitrogens with one attached hydrogen (secondary N) is 1. The number of aryl methyl sites for hydroxylation is 1. The second-order valence-corrected chi connectivity index (χ2v) is 5.87. The molecule has 1 heteroatoms. The molecule has 0 amide bonds. The Morgan fingerprint density at radius 1 is 1.11 bits per heavy atom. The fraction of sp³-hybridized carbons (Fsp3) is 0.529. The van der Waals surface area contributed by atoms with Gasteiger partial charge in [-0.25, -0.2) is 0 Å². The Hall–Kier alpha value is -1.24. The molecule has 1 aromatic rings. The fourth-order valence-electron chi connectivity index (χ4n) is 3.46. The Morgan fingerprint density at radius 3 is 2.56 bits per heavy atom. The van der Waals surface area contributed by atoms with Gasteiger partial charge in [0.25, 0.3) is 0 Å². The van der Waals surface area contributed by atoms with E-state index in [9.17, 15) is 0 Å². The highest BCUT2D eigenvalue weighted by Crippen LogP contribution is 2.43. The minimum Gasteiger partial charge on any atom is -0.385 e. The van der Waals surface area contributed by atoms with Gasteiger partial charge in [0.15, 0.2) is 0 Å². The molecule has 3 unspecified atom stereocenters. The first-order valence-corrected chi connectivity index (χ1v) is 7.36. The number of anilines is 1. The molecule has 2 aliphatic carbocycles. The maximum atomic E-state index is 3.61. The largest absolute Gasteiger partial charge is 0.385 e. The summed E-state index contributed by atoms with van der Waals surface area (Å²) in [5.74, 6) is 2.59. The third-order valence-corrected chi connectivity index (χ3v) is 4.48. The van der Waals surface area contributed by atoms with Crippen molar-refractivity contribution in [3.63, 3.8) is 0 Å². The summed E-state index contributed by atoms with van der Waals surface area (Å²) < 4.78 is 0. The van der Waals surface area contributed by atoms with Crippen LogP contribution in [-0.4, -0.2) is 6.54 Å². The second kappa shape index (κ2) is 5.17. The molecule has 0 saturated heterocycles. The zero-order valence-electron chi connectivity index (χ0n) is 11.2. The highest BCUT2D eigenvalue weighted by molar-refractivity contribution is 5.44. The number of benzene rings is 1. The first kappa shape index (κ1) is 11.8. The van der Waals surface area contributed by atoms with Crippen LogP contribution in [0.1, 0.15) is 31.7 Å². The molecule has 3 atom stereocenters. The molecule has 1 N–H and O–H groups in total. The Morgan fingerprint density at radius 2 is 1.94 bits per heavy atom. The topological polar surface area (TPSA) is 12.0 Å². The van der Waals surface area contributed by atoms with E-state index in [0.717, 1.165) is 24.3 Å². The normalized spacial score (nSPS) is 28.8. The number of hydrogen-bond donors (Lipinski definition) is 1. The summed E-state index contributed by atoms with van der Waals surface area (Å²) in [7, 11) is 0. The Labute approximate surface area is 110 Å². The molecule has 2 bridgehead atoms. The van der Waals surface area contributed by atoms with Crippen molar-refractivity contribution in [2.24, 2.45) is 17.8 Å². The van der Waals surface area contributed by atoms with Gasteiger partial charge in [-0.15, -0.1) is 0 Å². The maximum Gasteiger partial charge on any atom is 0.0340 e. The van der Waals surface area contributed by atoms with Crippen LogP contribution in [0.25, 0.3) is 0 Å². The zero-order valence-corrected chi connectivity index (χ0v) is 11.2. The lowest BCUT2D eigenvalue weighted by Crippen LogP contribution is -2.18. The predicted molar refractivity (Wildman–Crippen MR) is 77.8 cm³/mol. The Bertz CT molecular complexity index is 418. The lowest BCUT2D eigenvalue weighted by atomic mass is 9.93. The van der Waals surface area contributed by atoms with E-state index in [2.05, 4.69) is 48.7 Å². The van der Waals surface area contributed by atoms with Gasteiger partial charge in [0.1, 0.15) is 0 Å². The Balaban J connectivity index is 1.52. The van der Waals surface area contributed by atoms with E-state index in [4.69, 9.17) is 0 Å². The average Bonchev–Trinajstić information content (AvgIpc) is 3.00. The van der Waals surface area contributed by atoms with Crippen molar-refractivity contribution in [3.05, 3.63) is 42.0 Å². The zero-order chi connectivity index (χ0) is 12.4. The first-order chi connectivity index (χ1) is 8.85.